The zero-order valence-electron chi connectivity index (χ0n) is 16.8. The molecule has 0 saturated carbocycles. The fourth-order valence-electron chi connectivity index (χ4n) is 3.42. The van der Waals surface area contributed by atoms with E-state index in [0.29, 0.717) is 53.6 Å². The summed E-state index contributed by atoms with van der Waals surface area (Å²) >= 11 is 0. The van der Waals surface area contributed by atoms with Crippen molar-refractivity contribution in [2.45, 2.75) is 19.9 Å². The Kier molecular flexibility index (Phi) is 5.47. The molecule has 0 fully saturated rings. The van der Waals surface area contributed by atoms with Crippen LogP contribution >= 0.6 is 0 Å². The summed E-state index contributed by atoms with van der Waals surface area (Å²) < 4.78 is 22.3. The fraction of sp³-hybridized carbons (Fsp3) is 0.227. The van der Waals surface area contributed by atoms with Crippen LogP contribution in [0, 0.1) is 5.82 Å². The number of anilines is 1. The van der Waals surface area contributed by atoms with Gasteiger partial charge in [-0.25, -0.2) is 18.7 Å². The van der Waals surface area contributed by atoms with Gasteiger partial charge in [0.25, 0.3) is 0 Å². The zero-order chi connectivity index (χ0) is 21.1. The van der Waals surface area contributed by atoms with Crippen molar-refractivity contribution in [1.82, 2.24) is 19.1 Å². The van der Waals surface area contributed by atoms with Crippen LogP contribution in [0.15, 0.2) is 59.5 Å². The van der Waals surface area contributed by atoms with Gasteiger partial charge in [-0.1, -0.05) is 24.3 Å². The number of aromatic nitrogens is 4. The van der Waals surface area contributed by atoms with Crippen molar-refractivity contribution in [3.63, 3.8) is 0 Å². The summed E-state index contributed by atoms with van der Waals surface area (Å²) in [5, 5.41) is 3.12. The van der Waals surface area contributed by atoms with Gasteiger partial charge < -0.3 is 10.1 Å². The van der Waals surface area contributed by atoms with Crippen LogP contribution in [0.25, 0.3) is 16.9 Å². The summed E-state index contributed by atoms with van der Waals surface area (Å²) in [6.45, 7) is 2.86. The molecule has 0 bridgehead atoms. The smallest absolute Gasteiger partial charge is 0.335 e. The second-order valence-electron chi connectivity index (χ2n) is 6.73. The van der Waals surface area contributed by atoms with Crippen LogP contribution in [0.5, 0.6) is 5.75 Å². The number of nitrogens with one attached hydrogen (secondary N) is 1. The molecule has 2 aromatic heterocycles. The molecule has 7 nitrogen and oxygen atoms in total. The number of hydrogen-bond donors (Lipinski definition) is 1. The zero-order valence-corrected chi connectivity index (χ0v) is 16.8. The third kappa shape index (κ3) is 3.63. The number of hydrogen-bond acceptors (Lipinski definition) is 5. The molecule has 0 aliphatic carbocycles. The molecule has 8 heteroatoms. The van der Waals surface area contributed by atoms with E-state index in [9.17, 15) is 9.18 Å². The van der Waals surface area contributed by atoms with Gasteiger partial charge in [0, 0.05) is 19.2 Å². The molecule has 0 aliphatic rings. The lowest BCUT2D eigenvalue weighted by atomic mass is 10.1. The molecular weight excluding hydrogens is 385 g/mol. The van der Waals surface area contributed by atoms with E-state index < -0.39 is 0 Å². The minimum Gasteiger partial charge on any atom is -0.497 e. The van der Waals surface area contributed by atoms with E-state index in [1.807, 2.05) is 25.1 Å². The molecule has 4 aromatic rings. The molecule has 0 amide bonds. The first-order valence-electron chi connectivity index (χ1n) is 9.72. The maximum absolute atomic E-state index is 13.8. The quantitative estimate of drug-likeness (QED) is 0.508. The van der Waals surface area contributed by atoms with Crippen LogP contribution in [0.1, 0.15) is 12.5 Å². The van der Waals surface area contributed by atoms with Crippen molar-refractivity contribution >= 4 is 17.1 Å². The van der Waals surface area contributed by atoms with Crippen LogP contribution in [0.4, 0.5) is 10.3 Å². The largest absolute Gasteiger partial charge is 0.497 e. The number of ether oxygens (including phenoxy) is 1. The van der Waals surface area contributed by atoms with Gasteiger partial charge in [0.05, 0.1) is 19.0 Å². The van der Waals surface area contributed by atoms with Crippen molar-refractivity contribution < 1.29 is 9.13 Å². The molecular formula is C22H22FN5O2. The summed E-state index contributed by atoms with van der Waals surface area (Å²) in [5.41, 5.74) is 2.23. The normalized spacial score (nSPS) is 11.0. The predicted molar refractivity (Wildman–Crippen MR) is 114 cm³/mol. The summed E-state index contributed by atoms with van der Waals surface area (Å²) in [7, 11) is 1.58. The van der Waals surface area contributed by atoms with Crippen LogP contribution in [0.3, 0.4) is 0 Å². The van der Waals surface area contributed by atoms with Gasteiger partial charge in [-0.15, -0.1) is 0 Å². The number of fused-ring (bicyclic) bond motifs is 1. The lowest BCUT2D eigenvalue weighted by molar-refractivity contribution is 0.414. The van der Waals surface area contributed by atoms with E-state index in [4.69, 9.17) is 4.74 Å². The maximum Gasteiger partial charge on any atom is 0.335 e. The first kappa shape index (κ1) is 19.6. The first-order chi connectivity index (χ1) is 14.6. The van der Waals surface area contributed by atoms with E-state index in [-0.39, 0.29) is 11.5 Å². The Bertz CT molecular complexity index is 1250. The van der Waals surface area contributed by atoms with Gasteiger partial charge in [-0.05, 0) is 37.1 Å². The highest BCUT2D eigenvalue weighted by molar-refractivity contribution is 5.74. The van der Waals surface area contributed by atoms with Crippen LogP contribution in [-0.2, 0) is 13.0 Å². The van der Waals surface area contributed by atoms with Gasteiger partial charge in [0.15, 0.2) is 5.65 Å². The third-order valence-corrected chi connectivity index (χ3v) is 4.94. The number of methoxy groups -OCH3 is 1. The summed E-state index contributed by atoms with van der Waals surface area (Å²) in [5.74, 6) is 0.792. The molecule has 1 N–H and O–H groups in total. The van der Waals surface area contributed by atoms with Gasteiger partial charge in [0.1, 0.15) is 17.1 Å². The lowest BCUT2D eigenvalue weighted by Crippen LogP contribution is -2.22. The Labute approximate surface area is 172 Å². The third-order valence-electron chi connectivity index (χ3n) is 4.94. The number of aryl methyl sites for hydroxylation is 1. The lowest BCUT2D eigenvalue weighted by Gasteiger charge is -2.07. The summed E-state index contributed by atoms with van der Waals surface area (Å²) in [6.07, 6.45) is 2.13. The minimum atomic E-state index is -0.234. The molecule has 0 saturated heterocycles. The topological polar surface area (TPSA) is 74.0 Å². The Morgan fingerprint density at radius 3 is 2.77 bits per heavy atom. The predicted octanol–water partition coefficient (Wildman–Crippen LogP) is 3.40. The van der Waals surface area contributed by atoms with Crippen molar-refractivity contribution in [2.24, 2.45) is 0 Å². The average molecular weight is 407 g/mol. The Balaban J connectivity index is 1.69. The van der Waals surface area contributed by atoms with Crippen molar-refractivity contribution in [3.8, 4) is 11.4 Å². The minimum absolute atomic E-state index is 0.196. The number of imidazole rings is 1. The summed E-state index contributed by atoms with van der Waals surface area (Å²) in [4.78, 5) is 21.9. The SMILES string of the molecule is CCn1c(=O)n(-c2cccc(OC)c2)c2nc(NCCc3ccccc3F)ncc21. The molecule has 154 valence electrons. The van der Waals surface area contributed by atoms with Crippen molar-refractivity contribution in [3.05, 3.63) is 76.6 Å². The molecule has 0 aliphatic heterocycles. The molecule has 0 radical (unpaired) electrons. The number of halogens is 1. The molecule has 0 atom stereocenters. The van der Waals surface area contributed by atoms with E-state index in [1.54, 1.807) is 46.7 Å². The molecule has 0 unspecified atom stereocenters. The second-order valence-corrected chi connectivity index (χ2v) is 6.73. The van der Waals surface area contributed by atoms with Gasteiger partial charge in [-0.3, -0.25) is 4.57 Å². The standard InChI is InChI=1S/C22H22FN5O2/c1-3-27-19-14-25-21(24-12-11-15-7-4-5-10-18(15)23)26-20(19)28(22(27)29)16-8-6-9-17(13-16)30-2/h4-10,13-14H,3,11-12H2,1-2H3,(H,24,25,26). The Morgan fingerprint density at radius 2 is 2.00 bits per heavy atom. The summed E-state index contributed by atoms with van der Waals surface area (Å²) in [6, 6.07) is 13.9. The Hall–Kier alpha value is -3.68. The van der Waals surface area contributed by atoms with E-state index in [2.05, 4.69) is 15.3 Å². The van der Waals surface area contributed by atoms with Crippen LogP contribution in [0.2, 0.25) is 0 Å². The van der Waals surface area contributed by atoms with Gasteiger partial charge >= 0.3 is 5.69 Å². The highest BCUT2D eigenvalue weighted by Gasteiger charge is 2.17. The highest BCUT2D eigenvalue weighted by Crippen LogP contribution is 2.20. The molecule has 2 aromatic carbocycles. The van der Waals surface area contributed by atoms with Crippen molar-refractivity contribution in [2.75, 3.05) is 19.0 Å². The fourth-order valence-corrected chi connectivity index (χ4v) is 3.42. The van der Waals surface area contributed by atoms with Gasteiger partial charge in [0.2, 0.25) is 5.95 Å². The monoisotopic (exact) mass is 407 g/mol. The van der Waals surface area contributed by atoms with Crippen molar-refractivity contribution in [1.29, 1.82) is 0 Å². The second kappa shape index (κ2) is 8.36. The number of benzene rings is 2. The van der Waals surface area contributed by atoms with E-state index >= 15 is 0 Å². The van der Waals surface area contributed by atoms with Crippen LogP contribution < -0.4 is 15.7 Å². The van der Waals surface area contributed by atoms with E-state index in [1.165, 1.54) is 6.07 Å². The highest BCUT2D eigenvalue weighted by atomic mass is 19.1. The first-order valence-corrected chi connectivity index (χ1v) is 9.72. The molecule has 2 heterocycles. The van der Waals surface area contributed by atoms with E-state index in [0.717, 1.165) is 0 Å². The van der Waals surface area contributed by atoms with Crippen LogP contribution in [-0.4, -0.2) is 32.8 Å². The molecule has 4 rings (SSSR count). The molecule has 0 spiro atoms. The van der Waals surface area contributed by atoms with Gasteiger partial charge in [-0.2, -0.15) is 4.98 Å². The maximum atomic E-state index is 13.8. The average Bonchev–Trinajstić information content (AvgIpc) is 3.05. The number of nitrogens with zero attached hydrogens (tertiary/aromatic N) is 4. The molecule has 30 heavy (non-hydrogen) atoms. The Morgan fingerprint density at radius 1 is 1.17 bits per heavy atom. The number of rotatable bonds is 7.